The lowest BCUT2D eigenvalue weighted by Crippen LogP contribution is -1.99. The maximum Gasteiger partial charge on any atom is 0.519 e. The Kier molecular flexibility index (Phi) is 2.25. The van der Waals surface area contributed by atoms with E-state index in [1.54, 1.807) is 0 Å². The fourth-order valence-corrected chi connectivity index (χ4v) is 0.100. The first-order valence-corrected chi connectivity index (χ1v) is 3.11. The van der Waals surface area contributed by atoms with Crippen LogP contribution in [0.4, 0.5) is 0 Å². The molecule has 0 aromatic carbocycles. The number of nitrogens with zero attached hydrogens (tertiary/aromatic N) is 1. The van der Waals surface area contributed by atoms with Crippen molar-refractivity contribution >= 4 is 8.02 Å². The van der Waals surface area contributed by atoms with Crippen molar-refractivity contribution in [2.24, 2.45) is 10.5 Å². The molecule has 0 aliphatic rings. The van der Waals surface area contributed by atoms with Crippen LogP contribution in [0, 0.1) is 4.91 Å². The molecule has 5 nitrogen and oxygen atoms in total. The summed E-state index contributed by atoms with van der Waals surface area (Å²) in [6, 6.07) is 0. The minimum atomic E-state index is -3.33. The van der Waals surface area contributed by atoms with Crippen LogP contribution in [-0.2, 0) is 4.52 Å². The molecule has 0 bridgehead atoms. The van der Waals surface area contributed by atoms with E-state index < -0.39 is 8.02 Å². The predicted molar refractivity (Wildman–Crippen MR) is 26.1 cm³/mol. The van der Waals surface area contributed by atoms with Crippen molar-refractivity contribution in [3.63, 3.8) is 0 Å². The second-order valence-corrected chi connectivity index (χ2v) is 2.56. The molecule has 6 heteroatoms. The third-order valence-electron chi connectivity index (χ3n) is 0.386. The highest BCUT2D eigenvalue weighted by Crippen LogP contribution is 2.46. The van der Waals surface area contributed by atoms with Crippen LogP contribution in [0.25, 0.3) is 0 Å². The minimum Gasteiger partial charge on any atom is -0.179 e. The van der Waals surface area contributed by atoms with Gasteiger partial charge in [0.1, 0.15) is 0 Å². The van der Waals surface area contributed by atoms with Crippen LogP contribution in [0.2, 0.25) is 0 Å². The molecule has 0 aromatic heterocycles. The largest absolute Gasteiger partial charge is 0.519 e. The third kappa shape index (κ3) is 2.59. The molecule has 0 fully saturated rings. The predicted octanol–water partition coefficient (Wildman–Crippen LogP) is 0.0278. The second kappa shape index (κ2) is 2.28. The maximum atomic E-state index is 9.36. The monoisotopic (exact) mass is 125 g/mol. The van der Waals surface area contributed by atoms with Crippen LogP contribution in [-0.4, -0.2) is 12.0 Å². The maximum absolute atomic E-state index is 9.36. The van der Waals surface area contributed by atoms with Gasteiger partial charge in [0.25, 0.3) is 0 Å². The molecule has 42 valence electrons. The van der Waals surface area contributed by atoms with Gasteiger partial charge in [0, 0.05) is 0 Å². The van der Waals surface area contributed by atoms with Crippen LogP contribution >= 0.6 is 8.02 Å². The first-order chi connectivity index (χ1) is 3.12. The summed E-state index contributed by atoms with van der Waals surface area (Å²) in [6.45, 7) is 0. The summed E-state index contributed by atoms with van der Waals surface area (Å²) >= 11 is 0. The summed E-state index contributed by atoms with van der Waals surface area (Å²) in [4.78, 5) is 19.8. The van der Waals surface area contributed by atoms with Crippen LogP contribution < -0.4 is 5.50 Å². The summed E-state index contributed by atoms with van der Waals surface area (Å²) in [5.41, 5.74) is 4.68. The number of nitroso groups, excluding NO2 is 1. The molecule has 0 radical (unpaired) electrons. The van der Waals surface area contributed by atoms with E-state index in [9.17, 15) is 4.91 Å². The first-order valence-electron chi connectivity index (χ1n) is 1.43. The topological polar surface area (TPSA) is 84.9 Å². The molecule has 0 spiro atoms. The summed E-state index contributed by atoms with van der Waals surface area (Å²) in [5.74, 6) is 0. The Labute approximate surface area is 41.1 Å². The van der Waals surface area contributed by atoms with E-state index in [1.165, 1.54) is 0 Å². The zero-order valence-electron chi connectivity index (χ0n) is 3.74. The van der Waals surface area contributed by atoms with E-state index in [0.29, 0.717) is 0 Å². The molecular formula is CH6N2O3P+. The van der Waals surface area contributed by atoms with E-state index in [4.69, 9.17) is 4.89 Å². The van der Waals surface area contributed by atoms with Crippen molar-refractivity contribution < 1.29 is 9.42 Å². The Balaban J connectivity index is 3.58. The van der Waals surface area contributed by atoms with Gasteiger partial charge in [-0.05, 0) is 0 Å². The van der Waals surface area contributed by atoms with E-state index in [0.717, 1.165) is 7.11 Å². The molecule has 0 aromatic rings. The molecule has 7 heavy (non-hydrogen) atoms. The summed E-state index contributed by atoms with van der Waals surface area (Å²) in [7, 11) is -2.21. The van der Waals surface area contributed by atoms with E-state index in [2.05, 4.69) is 15.0 Å². The smallest absolute Gasteiger partial charge is 0.179 e. The number of rotatable bonds is 2. The normalized spacial score (nSPS) is 18.1. The Hall–Kier alpha value is -0.0900. The molecule has 0 aliphatic heterocycles. The van der Waals surface area contributed by atoms with Gasteiger partial charge in [-0.2, -0.15) is 9.42 Å². The summed E-state index contributed by atoms with van der Waals surface area (Å²) < 4.78 is 4.05. The molecule has 1 atom stereocenters. The van der Waals surface area contributed by atoms with E-state index in [-0.39, 0.29) is 0 Å². The van der Waals surface area contributed by atoms with E-state index >= 15 is 0 Å². The second-order valence-electron chi connectivity index (χ2n) is 0.853. The van der Waals surface area contributed by atoms with Gasteiger partial charge >= 0.3 is 8.02 Å². The van der Waals surface area contributed by atoms with Gasteiger partial charge in [0.05, 0.1) is 7.11 Å². The molecule has 0 saturated carbocycles. The Bertz CT molecular complexity index is 73.3. The Morgan fingerprint density at radius 3 is 2.43 bits per heavy atom. The van der Waals surface area contributed by atoms with Crippen molar-refractivity contribution in [3.8, 4) is 0 Å². The van der Waals surface area contributed by atoms with Crippen molar-refractivity contribution in [3.05, 3.63) is 4.91 Å². The Morgan fingerprint density at radius 2 is 2.43 bits per heavy atom. The van der Waals surface area contributed by atoms with Crippen molar-refractivity contribution in [2.45, 2.75) is 0 Å². The number of hydrogen-bond acceptors (Lipinski definition) is 5. The average molecular weight is 125 g/mol. The summed E-state index contributed by atoms with van der Waals surface area (Å²) in [5, 5.41) is 0. The lowest BCUT2D eigenvalue weighted by atomic mass is 11.8. The zero-order valence-corrected chi connectivity index (χ0v) is 4.63. The highest BCUT2D eigenvalue weighted by atomic mass is 31.2. The zero-order chi connectivity index (χ0) is 5.91. The highest BCUT2D eigenvalue weighted by Gasteiger charge is 2.33. The third-order valence-corrected chi connectivity index (χ3v) is 1.16. The Morgan fingerprint density at radius 1 is 2.00 bits per heavy atom. The van der Waals surface area contributed by atoms with Crippen molar-refractivity contribution in [1.29, 1.82) is 0 Å². The molecule has 0 rings (SSSR count). The van der Waals surface area contributed by atoms with Crippen LogP contribution in [0.5, 0.6) is 0 Å². The molecule has 0 aliphatic carbocycles. The number of nitrogens with two attached hydrogens (primary N) is 1. The van der Waals surface area contributed by atoms with Crippen molar-refractivity contribution in [2.75, 3.05) is 7.11 Å². The van der Waals surface area contributed by atoms with Gasteiger partial charge in [-0.3, -0.25) is 0 Å². The van der Waals surface area contributed by atoms with E-state index in [1.807, 2.05) is 0 Å². The first kappa shape index (κ1) is 6.91. The quantitative estimate of drug-likeness (QED) is 0.402. The van der Waals surface area contributed by atoms with Crippen LogP contribution in [0.15, 0.2) is 4.95 Å². The molecule has 1 unspecified atom stereocenters. The standard InChI is InChI=1S/CH6N2O3P/c1-6-7(2,5)3-4/h5H,2H2,1H3/q+1. The highest BCUT2D eigenvalue weighted by molar-refractivity contribution is 7.61. The van der Waals surface area contributed by atoms with Gasteiger partial charge in [-0.1, -0.05) is 0 Å². The van der Waals surface area contributed by atoms with Gasteiger partial charge in [-0.25, -0.2) is 0 Å². The van der Waals surface area contributed by atoms with Gasteiger partial charge < -0.3 is 0 Å². The van der Waals surface area contributed by atoms with Gasteiger partial charge in [0.15, 0.2) is 4.95 Å². The van der Waals surface area contributed by atoms with Crippen molar-refractivity contribution in [1.82, 2.24) is 0 Å². The minimum absolute atomic E-state index is 1.12. The fourth-order valence-electron chi connectivity index (χ4n) is 0.0333. The molecule has 0 amide bonds. The summed E-state index contributed by atoms with van der Waals surface area (Å²) in [6.07, 6.45) is 0. The SMILES string of the molecule is CO[P+](N)(O)N=O. The molecular weight excluding hydrogens is 119 g/mol. The number of hydrogen-bond donors (Lipinski definition) is 2. The van der Waals surface area contributed by atoms with Gasteiger partial charge in [0.2, 0.25) is 0 Å². The molecule has 0 heterocycles. The molecule has 3 N–H and O–H groups in total. The molecule has 0 saturated heterocycles. The lowest BCUT2D eigenvalue weighted by molar-refractivity contribution is 0.366. The van der Waals surface area contributed by atoms with Crippen LogP contribution in [0.3, 0.4) is 0 Å². The van der Waals surface area contributed by atoms with Crippen LogP contribution in [0.1, 0.15) is 0 Å². The lowest BCUT2D eigenvalue weighted by Gasteiger charge is -1.93. The van der Waals surface area contributed by atoms with Gasteiger partial charge in [-0.15, -0.1) is 10.4 Å². The average Bonchev–Trinajstić information content (AvgIpc) is 1.68. The fraction of sp³-hybridized carbons (Fsp3) is 1.00.